The molecular formula is C29H20N4O2. The second-order valence-corrected chi connectivity index (χ2v) is 8.38. The number of fused-ring (bicyclic) bond motifs is 8. The fraction of sp³-hybridized carbons (Fsp3) is 0. The topological polar surface area (TPSA) is 94.7 Å². The highest BCUT2D eigenvalue weighted by Crippen LogP contribution is 2.29. The highest BCUT2D eigenvalue weighted by Gasteiger charge is 2.13. The summed E-state index contributed by atoms with van der Waals surface area (Å²) >= 11 is 0. The van der Waals surface area contributed by atoms with Crippen LogP contribution in [-0.2, 0) is 4.79 Å². The van der Waals surface area contributed by atoms with Crippen LogP contribution in [0.4, 0.5) is 0 Å². The van der Waals surface area contributed by atoms with E-state index in [1.807, 2.05) is 78.9 Å². The van der Waals surface area contributed by atoms with Crippen LogP contribution in [0.2, 0.25) is 0 Å². The molecule has 0 spiro atoms. The van der Waals surface area contributed by atoms with Gasteiger partial charge < -0.3 is 15.1 Å². The summed E-state index contributed by atoms with van der Waals surface area (Å²) in [5.74, 6) is -0.970. The van der Waals surface area contributed by atoms with Gasteiger partial charge in [-0.1, -0.05) is 24.3 Å². The summed E-state index contributed by atoms with van der Waals surface area (Å²) in [7, 11) is 0. The number of nitrogens with zero attached hydrogens (tertiary/aromatic N) is 2. The molecule has 2 aliphatic heterocycles. The Hall–Kier alpha value is -4.97. The minimum atomic E-state index is -0.970. The van der Waals surface area contributed by atoms with Crippen molar-refractivity contribution in [3.63, 3.8) is 0 Å². The lowest BCUT2D eigenvalue weighted by atomic mass is 10.0. The molecule has 6 nitrogen and oxygen atoms in total. The first-order chi connectivity index (χ1) is 17.1. The van der Waals surface area contributed by atoms with Gasteiger partial charge >= 0.3 is 5.97 Å². The van der Waals surface area contributed by atoms with E-state index in [1.54, 1.807) is 6.08 Å². The van der Waals surface area contributed by atoms with Crippen LogP contribution in [0.25, 0.3) is 51.9 Å². The molecule has 3 aromatic heterocycles. The molecule has 5 heterocycles. The van der Waals surface area contributed by atoms with E-state index in [0.717, 1.165) is 67.6 Å². The Labute approximate surface area is 200 Å². The van der Waals surface area contributed by atoms with Crippen LogP contribution in [0.5, 0.6) is 0 Å². The molecule has 168 valence electrons. The van der Waals surface area contributed by atoms with Crippen LogP contribution in [0.15, 0.2) is 78.9 Å². The van der Waals surface area contributed by atoms with Crippen LogP contribution in [-0.4, -0.2) is 31.0 Å². The average Bonchev–Trinajstić information content (AvgIpc) is 3.63. The first kappa shape index (κ1) is 20.6. The predicted molar refractivity (Wildman–Crippen MR) is 140 cm³/mol. The number of hydrogen-bond acceptors (Lipinski definition) is 3. The van der Waals surface area contributed by atoms with Gasteiger partial charge in [-0.3, -0.25) is 0 Å². The highest BCUT2D eigenvalue weighted by atomic mass is 16.4. The second-order valence-electron chi connectivity index (χ2n) is 8.38. The van der Waals surface area contributed by atoms with Crippen molar-refractivity contribution >= 4 is 57.9 Å². The van der Waals surface area contributed by atoms with Crippen LogP contribution < -0.4 is 0 Å². The van der Waals surface area contributed by atoms with Crippen molar-refractivity contribution < 1.29 is 9.90 Å². The molecular weight excluding hydrogens is 436 g/mol. The van der Waals surface area contributed by atoms with Crippen LogP contribution in [0.1, 0.15) is 33.9 Å². The van der Waals surface area contributed by atoms with E-state index in [9.17, 15) is 4.79 Å². The quantitative estimate of drug-likeness (QED) is 0.278. The van der Waals surface area contributed by atoms with Gasteiger partial charge in [-0.05, 0) is 84.0 Å². The maximum Gasteiger partial charge on any atom is 0.328 e. The number of rotatable bonds is 3. The van der Waals surface area contributed by atoms with Gasteiger partial charge in [0, 0.05) is 33.7 Å². The van der Waals surface area contributed by atoms with Gasteiger partial charge in [0.25, 0.3) is 0 Å². The number of benzene rings is 1. The number of carbonyl (C=O) groups is 1. The first-order valence-corrected chi connectivity index (χ1v) is 11.2. The van der Waals surface area contributed by atoms with Crippen molar-refractivity contribution in [1.29, 1.82) is 0 Å². The minimum absolute atomic E-state index is 0.818. The predicted octanol–water partition coefficient (Wildman–Crippen LogP) is 6.17. The van der Waals surface area contributed by atoms with Crippen molar-refractivity contribution in [3.8, 4) is 0 Å². The van der Waals surface area contributed by atoms with Crippen molar-refractivity contribution in [1.82, 2.24) is 19.9 Å². The normalized spacial score (nSPS) is 12.7. The molecule has 3 N–H and O–H groups in total. The highest BCUT2D eigenvalue weighted by molar-refractivity contribution is 5.93. The monoisotopic (exact) mass is 456 g/mol. The molecule has 8 bridgehead atoms. The molecule has 0 saturated heterocycles. The SMILES string of the molecule is O=C(O)C=Cc1ccc(C2=Cc3cc4ccc(cc5ccc(cc6nc(cc2n3)C=C6)[nH]5)[nH]4)cc1. The van der Waals surface area contributed by atoms with E-state index >= 15 is 0 Å². The van der Waals surface area contributed by atoms with E-state index in [0.29, 0.717) is 0 Å². The zero-order valence-corrected chi connectivity index (χ0v) is 18.6. The Morgan fingerprint density at radius 3 is 1.97 bits per heavy atom. The van der Waals surface area contributed by atoms with Gasteiger partial charge in [0.05, 0.1) is 22.8 Å². The number of H-pyrrole nitrogens is 2. The van der Waals surface area contributed by atoms with E-state index in [-0.39, 0.29) is 0 Å². The second kappa shape index (κ2) is 8.43. The van der Waals surface area contributed by atoms with Crippen molar-refractivity contribution in [2.75, 3.05) is 0 Å². The lowest BCUT2D eigenvalue weighted by molar-refractivity contribution is -0.131. The molecule has 0 unspecified atom stereocenters. The average molecular weight is 457 g/mol. The standard InChI is InChI=1S/C29H20N4O2/c34-29(35)12-3-18-1-4-19(5-2-18)27-16-26-15-24-9-8-22(31-24)13-20-6-7-21(30-20)14-23-10-11-25(32-23)17-28(27)33-26/h1-17,30-31H,(H,34,35). The fourth-order valence-corrected chi connectivity index (χ4v) is 4.19. The minimum Gasteiger partial charge on any atom is -0.478 e. The molecule has 1 aromatic carbocycles. The van der Waals surface area contributed by atoms with Crippen molar-refractivity contribution in [3.05, 3.63) is 113 Å². The Kier molecular flexibility index (Phi) is 4.96. The smallest absolute Gasteiger partial charge is 0.328 e. The van der Waals surface area contributed by atoms with Gasteiger partial charge in [0.2, 0.25) is 0 Å². The van der Waals surface area contributed by atoms with Gasteiger partial charge in [-0.25, -0.2) is 14.8 Å². The number of carboxylic acids is 1. The molecule has 6 rings (SSSR count). The largest absolute Gasteiger partial charge is 0.478 e. The first-order valence-electron chi connectivity index (χ1n) is 11.2. The zero-order chi connectivity index (χ0) is 23.8. The number of aromatic amines is 2. The van der Waals surface area contributed by atoms with Gasteiger partial charge in [0.15, 0.2) is 0 Å². The van der Waals surface area contributed by atoms with Gasteiger partial charge in [0.1, 0.15) is 0 Å². The summed E-state index contributed by atoms with van der Waals surface area (Å²) in [5.41, 5.74) is 10.1. The fourth-order valence-electron chi connectivity index (χ4n) is 4.19. The molecule has 35 heavy (non-hydrogen) atoms. The van der Waals surface area contributed by atoms with E-state index in [1.165, 1.54) is 0 Å². The number of aliphatic carboxylic acids is 1. The molecule has 6 heteroatoms. The summed E-state index contributed by atoms with van der Waals surface area (Å²) < 4.78 is 0. The van der Waals surface area contributed by atoms with Crippen LogP contribution in [0.3, 0.4) is 0 Å². The zero-order valence-electron chi connectivity index (χ0n) is 18.6. The van der Waals surface area contributed by atoms with E-state index in [2.05, 4.69) is 22.1 Å². The van der Waals surface area contributed by atoms with Crippen molar-refractivity contribution in [2.24, 2.45) is 0 Å². The Balaban J connectivity index is 1.52. The van der Waals surface area contributed by atoms with Crippen molar-refractivity contribution in [2.45, 2.75) is 0 Å². The molecule has 0 aliphatic carbocycles. The maximum atomic E-state index is 10.8. The molecule has 0 atom stereocenters. The number of nitrogens with one attached hydrogen (secondary N) is 2. The van der Waals surface area contributed by atoms with Crippen LogP contribution >= 0.6 is 0 Å². The Morgan fingerprint density at radius 1 is 0.714 bits per heavy atom. The summed E-state index contributed by atoms with van der Waals surface area (Å²) in [6, 6.07) is 24.0. The number of carboxylic acid groups (broad SMARTS) is 1. The lowest BCUT2D eigenvalue weighted by Gasteiger charge is -2.03. The van der Waals surface area contributed by atoms with Gasteiger partial charge in [-0.2, -0.15) is 0 Å². The summed E-state index contributed by atoms with van der Waals surface area (Å²) in [6.45, 7) is 0. The Bertz CT molecular complexity index is 1720. The maximum absolute atomic E-state index is 10.8. The molecule has 0 radical (unpaired) electrons. The Morgan fingerprint density at radius 2 is 1.31 bits per heavy atom. The molecule has 4 aromatic rings. The third-order valence-electron chi connectivity index (χ3n) is 5.81. The molecule has 0 saturated carbocycles. The summed E-state index contributed by atoms with van der Waals surface area (Å²) in [4.78, 5) is 27.3. The summed E-state index contributed by atoms with van der Waals surface area (Å²) in [6.07, 6.45) is 8.74. The number of hydrogen-bond donors (Lipinski definition) is 3. The number of aromatic nitrogens is 4. The third-order valence-corrected chi connectivity index (χ3v) is 5.81. The van der Waals surface area contributed by atoms with Crippen LogP contribution in [0, 0.1) is 0 Å². The molecule has 2 aliphatic rings. The lowest BCUT2D eigenvalue weighted by Crippen LogP contribution is -1.88. The van der Waals surface area contributed by atoms with Gasteiger partial charge in [-0.15, -0.1) is 0 Å². The third kappa shape index (κ3) is 4.45. The summed E-state index contributed by atoms with van der Waals surface area (Å²) in [5, 5.41) is 8.87. The molecule has 0 amide bonds. The van der Waals surface area contributed by atoms with E-state index < -0.39 is 5.97 Å². The van der Waals surface area contributed by atoms with E-state index in [4.69, 9.17) is 15.1 Å². The molecule has 0 fully saturated rings.